The third-order valence-electron chi connectivity index (χ3n) is 4.51. The molecule has 2 bridgehead atoms. The highest BCUT2D eigenvalue weighted by Crippen LogP contribution is 2.39. The van der Waals surface area contributed by atoms with Crippen molar-refractivity contribution < 1.29 is 0 Å². The van der Waals surface area contributed by atoms with Gasteiger partial charge in [-0.25, -0.2) is 0 Å². The summed E-state index contributed by atoms with van der Waals surface area (Å²) in [4.78, 5) is 2.77. The van der Waals surface area contributed by atoms with Gasteiger partial charge in [0.2, 0.25) is 0 Å². The molecule has 2 fully saturated rings. The molecule has 2 nitrogen and oxygen atoms in total. The first kappa shape index (κ1) is 11.4. The van der Waals surface area contributed by atoms with Gasteiger partial charge in [-0.3, -0.25) is 4.90 Å². The summed E-state index contributed by atoms with van der Waals surface area (Å²) in [5.74, 6) is 1.81. The molecule has 0 aromatic heterocycles. The smallest absolute Gasteiger partial charge is 0.0108 e. The first-order chi connectivity index (χ1) is 7.22. The van der Waals surface area contributed by atoms with Gasteiger partial charge in [-0.1, -0.05) is 13.8 Å². The van der Waals surface area contributed by atoms with Crippen molar-refractivity contribution in [1.29, 1.82) is 0 Å². The van der Waals surface area contributed by atoms with Gasteiger partial charge >= 0.3 is 0 Å². The van der Waals surface area contributed by atoms with E-state index in [1.165, 1.54) is 32.4 Å². The second-order valence-corrected chi connectivity index (χ2v) is 5.56. The number of hydrogen-bond acceptors (Lipinski definition) is 2. The molecule has 2 heteroatoms. The fourth-order valence-electron chi connectivity index (χ4n) is 3.33. The molecular weight excluding hydrogens is 184 g/mol. The predicted octanol–water partition coefficient (Wildman–Crippen LogP) is 2.10. The Labute approximate surface area is 94.4 Å². The topological polar surface area (TPSA) is 15.3 Å². The Balaban J connectivity index is 1.82. The Morgan fingerprint density at radius 3 is 2.67 bits per heavy atom. The molecule has 15 heavy (non-hydrogen) atoms. The molecule has 1 saturated carbocycles. The van der Waals surface area contributed by atoms with Crippen LogP contribution in [0.15, 0.2) is 0 Å². The zero-order valence-electron chi connectivity index (χ0n) is 10.5. The van der Waals surface area contributed by atoms with Crippen molar-refractivity contribution in [2.45, 2.75) is 52.1 Å². The van der Waals surface area contributed by atoms with Crippen LogP contribution in [0, 0.1) is 11.8 Å². The zero-order chi connectivity index (χ0) is 10.8. The van der Waals surface area contributed by atoms with E-state index in [2.05, 4.69) is 31.0 Å². The van der Waals surface area contributed by atoms with Crippen molar-refractivity contribution >= 4 is 0 Å². The van der Waals surface area contributed by atoms with Crippen LogP contribution in [0.2, 0.25) is 0 Å². The second-order valence-electron chi connectivity index (χ2n) is 5.56. The molecule has 2 aliphatic rings. The van der Waals surface area contributed by atoms with Crippen LogP contribution in [0.3, 0.4) is 0 Å². The molecule has 0 spiro atoms. The quantitative estimate of drug-likeness (QED) is 0.747. The Morgan fingerprint density at radius 2 is 2.13 bits per heavy atom. The van der Waals surface area contributed by atoms with Gasteiger partial charge < -0.3 is 5.32 Å². The van der Waals surface area contributed by atoms with Gasteiger partial charge in [0.25, 0.3) is 0 Å². The lowest BCUT2D eigenvalue weighted by atomic mass is 9.99. The summed E-state index contributed by atoms with van der Waals surface area (Å²) in [6.07, 6.45) is 4.44. The molecular formula is C13H26N2. The van der Waals surface area contributed by atoms with E-state index in [1.807, 2.05) is 0 Å². The van der Waals surface area contributed by atoms with Gasteiger partial charge in [-0.2, -0.15) is 0 Å². The molecule has 0 aromatic rings. The molecule has 0 radical (unpaired) electrons. The summed E-state index contributed by atoms with van der Waals surface area (Å²) in [7, 11) is 0. The van der Waals surface area contributed by atoms with Crippen LogP contribution in [-0.2, 0) is 0 Å². The molecule has 1 N–H and O–H groups in total. The first-order valence-electron chi connectivity index (χ1n) is 6.68. The van der Waals surface area contributed by atoms with E-state index < -0.39 is 0 Å². The summed E-state index contributed by atoms with van der Waals surface area (Å²) in [5.41, 5.74) is 0. The summed E-state index contributed by atoms with van der Waals surface area (Å²) in [6, 6.07) is 1.69. The minimum absolute atomic E-state index is 0.763. The monoisotopic (exact) mass is 210 g/mol. The maximum absolute atomic E-state index is 3.47. The fraction of sp³-hybridized carbons (Fsp3) is 1.00. The largest absolute Gasteiger partial charge is 0.317 e. The number of rotatable bonds is 5. The van der Waals surface area contributed by atoms with Crippen molar-refractivity contribution in [3.8, 4) is 0 Å². The number of nitrogens with zero attached hydrogens (tertiary/aromatic N) is 1. The first-order valence-corrected chi connectivity index (χ1v) is 6.68. The maximum atomic E-state index is 3.47. The van der Waals surface area contributed by atoms with Crippen molar-refractivity contribution in [3.63, 3.8) is 0 Å². The maximum Gasteiger partial charge on any atom is 0.0108 e. The van der Waals surface area contributed by atoms with Crippen LogP contribution in [0.25, 0.3) is 0 Å². The van der Waals surface area contributed by atoms with Crippen LogP contribution >= 0.6 is 0 Å². The van der Waals surface area contributed by atoms with Crippen LogP contribution in [0.1, 0.15) is 40.0 Å². The minimum atomic E-state index is 0.763. The average molecular weight is 210 g/mol. The molecule has 88 valence electrons. The summed E-state index contributed by atoms with van der Waals surface area (Å²) in [5, 5.41) is 3.47. The summed E-state index contributed by atoms with van der Waals surface area (Å²) < 4.78 is 0. The van der Waals surface area contributed by atoms with Crippen LogP contribution < -0.4 is 5.32 Å². The van der Waals surface area contributed by atoms with Gasteiger partial charge in [-0.15, -0.1) is 0 Å². The number of hydrogen-bond donors (Lipinski definition) is 1. The molecule has 0 aromatic carbocycles. The van der Waals surface area contributed by atoms with Crippen LogP contribution in [0.4, 0.5) is 0 Å². The lowest BCUT2D eigenvalue weighted by molar-refractivity contribution is 0.121. The average Bonchev–Trinajstić information content (AvgIpc) is 2.86. The molecule has 4 unspecified atom stereocenters. The molecule has 2 rings (SSSR count). The Kier molecular flexibility index (Phi) is 3.68. The molecule has 1 heterocycles. The summed E-state index contributed by atoms with van der Waals surface area (Å²) in [6.45, 7) is 10.6. The van der Waals surface area contributed by atoms with Gasteiger partial charge in [0.15, 0.2) is 0 Å². The highest BCUT2D eigenvalue weighted by molar-refractivity contribution is 4.95. The van der Waals surface area contributed by atoms with Gasteiger partial charge in [-0.05, 0) is 51.1 Å². The number of piperidine rings is 1. The van der Waals surface area contributed by atoms with Gasteiger partial charge in [0.05, 0.1) is 0 Å². The van der Waals surface area contributed by atoms with E-state index in [9.17, 15) is 0 Å². The molecule has 4 atom stereocenters. The van der Waals surface area contributed by atoms with Crippen molar-refractivity contribution in [2.75, 3.05) is 19.6 Å². The SMILES string of the molecule is CCNCC(C)C(C)N1CC2CCC1C2. The van der Waals surface area contributed by atoms with Crippen LogP contribution in [-0.4, -0.2) is 36.6 Å². The normalized spacial score (nSPS) is 34.6. The van der Waals surface area contributed by atoms with E-state index in [1.54, 1.807) is 0 Å². The second kappa shape index (κ2) is 4.84. The number of likely N-dealkylation sites (tertiary alicyclic amines) is 1. The minimum Gasteiger partial charge on any atom is -0.317 e. The third kappa shape index (κ3) is 2.36. The van der Waals surface area contributed by atoms with Gasteiger partial charge in [0.1, 0.15) is 0 Å². The van der Waals surface area contributed by atoms with Crippen LogP contribution in [0.5, 0.6) is 0 Å². The molecule has 1 saturated heterocycles. The molecule has 0 amide bonds. The standard InChI is InChI=1S/C13H26N2/c1-4-14-8-10(2)11(3)15-9-12-5-6-13(15)7-12/h10-14H,4-9H2,1-3H3. The highest BCUT2D eigenvalue weighted by Gasteiger charge is 2.40. The number of nitrogens with one attached hydrogen (secondary N) is 1. The highest BCUT2D eigenvalue weighted by atomic mass is 15.2. The van der Waals surface area contributed by atoms with E-state index in [4.69, 9.17) is 0 Å². The van der Waals surface area contributed by atoms with E-state index in [0.717, 1.165) is 30.5 Å². The van der Waals surface area contributed by atoms with E-state index in [0.29, 0.717) is 0 Å². The van der Waals surface area contributed by atoms with Crippen molar-refractivity contribution in [3.05, 3.63) is 0 Å². The van der Waals surface area contributed by atoms with Crippen molar-refractivity contribution in [1.82, 2.24) is 10.2 Å². The predicted molar refractivity (Wildman–Crippen MR) is 65.0 cm³/mol. The lowest BCUT2D eigenvalue weighted by Crippen LogP contribution is -2.45. The Bertz CT molecular complexity index is 205. The van der Waals surface area contributed by atoms with Crippen molar-refractivity contribution in [2.24, 2.45) is 11.8 Å². The Hall–Kier alpha value is -0.0800. The van der Waals surface area contributed by atoms with E-state index >= 15 is 0 Å². The number of fused-ring (bicyclic) bond motifs is 2. The molecule has 1 aliphatic carbocycles. The third-order valence-corrected chi connectivity index (χ3v) is 4.51. The molecule has 1 aliphatic heterocycles. The summed E-state index contributed by atoms with van der Waals surface area (Å²) >= 11 is 0. The zero-order valence-corrected chi connectivity index (χ0v) is 10.5. The fourth-order valence-corrected chi connectivity index (χ4v) is 3.33. The van der Waals surface area contributed by atoms with Gasteiger partial charge in [0, 0.05) is 18.6 Å². The lowest BCUT2D eigenvalue weighted by Gasteiger charge is -2.36. The van der Waals surface area contributed by atoms with E-state index in [-0.39, 0.29) is 0 Å². The Morgan fingerprint density at radius 1 is 1.33 bits per heavy atom.